The van der Waals surface area contributed by atoms with Gasteiger partial charge < -0.3 is 14.8 Å². The van der Waals surface area contributed by atoms with Gasteiger partial charge in [-0.2, -0.15) is 5.26 Å². The summed E-state index contributed by atoms with van der Waals surface area (Å²) < 4.78 is 12.6. The molecule has 0 aliphatic rings. The van der Waals surface area contributed by atoms with Crippen molar-refractivity contribution in [3.8, 4) is 17.6 Å². The number of hydrogen-bond donors (Lipinski definition) is 1. The second kappa shape index (κ2) is 12.0. The van der Waals surface area contributed by atoms with Gasteiger partial charge in [0.2, 0.25) is 0 Å². The lowest BCUT2D eigenvalue weighted by Gasteiger charge is -2.15. The van der Waals surface area contributed by atoms with E-state index in [4.69, 9.17) is 21.1 Å². The molecule has 0 bridgehead atoms. The van der Waals surface area contributed by atoms with Crippen LogP contribution in [0, 0.1) is 18.3 Å². The molecule has 37 heavy (non-hydrogen) atoms. The van der Waals surface area contributed by atoms with Gasteiger partial charge in [0.1, 0.15) is 18.2 Å². The van der Waals surface area contributed by atoms with E-state index in [1.54, 1.807) is 30.3 Å². The first-order valence-electron chi connectivity index (χ1n) is 11.6. The zero-order valence-electron chi connectivity index (χ0n) is 20.3. The van der Waals surface area contributed by atoms with Gasteiger partial charge in [0.15, 0.2) is 11.5 Å². The Morgan fingerprint density at radius 1 is 1.05 bits per heavy atom. The summed E-state index contributed by atoms with van der Waals surface area (Å²) in [5.41, 5.74) is 2.97. The van der Waals surface area contributed by atoms with E-state index in [-0.39, 0.29) is 5.57 Å². The molecule has 0 unspecified atom stereocenters. The van der Waals surface area contributed by atoms with E-state index in [0.29, 0.717) is 45.5 Å². The molecule has 0 aromatic heterocycles. The van der Waals surface area contributed by atoms with E-state index >= 15 is 0 Å². The second-order valence-electron chi connectivity index (χ2n) is 8.32. The number of hydrogen-bond acceptors (Lipinski definition) is 4. The highest BCUT2D eigenvalue weighted by molar-refractivity contribution is 9.10. The van der Waals surface area contributed by atoms with Gasteiger partial charge >= 0.3 is 0 Å². The first kappa shape index (κ1) is 26.3. The summed E-state index contributed by atoms with van der Waals surface area (Å²) in [6.07, 6.45) is 1.51. The average molecular weight is 576 g/mol. The van der Waals surface area contributed by atoms with E-state index in [9.17, 15) is 10.1 Å². The number of fused-ring (bicyclic) bond motifs is 1. The van der Waals surface area contributed by atoms with E-state index in [2.05, 4.69) is 45.5 Å². The highest BCUT2D eigenvalue weighted by Crippen LogP contribution is 2.38. The number of anilines is 1. The molecule has 1 N–H and O–H groups in total. The van der Waals surface area contributed by atoms with Gasteiger partial charge in [-0.3, -0.25) is 4.79 Å². The molecule has 0 aliphatic carbocycles. The molecule has 0 aliphatic heterocycles. The average Bonchev–Trinajstić information content (AvgIpc) is 2.89. The molecule has 5 nitrogen and oxygen atoms in total. The molecule has 0 radical (unpaired) electrons. The van der Waals surface area contributed by atoms with Crippen molar-refractivity contribution < 1.29 is 14.3 Å². The van der Waals surface area contributed by atoms with Crippen LogP contribution in [0.2, 0.25) is 5.02 Å². The van der Waals surface area contributed by atoms with Crippen LogP contribution < -0.4 is 14.8 Å². The first-order chi connectivity index (χ1) is 17.9. The van der Waals surface area contributed by atoms with Crippen molar-refractivity contribution in [1.82, 2.24) is 0 Å². The Balaban J connectivity index is 1.57. The molecular weight excluding hydrogens is 552 g/mol. The fourth-order valence-electron chi connectivity index (χ4n) is 3.79. The van der Waals surface area contributed by atoms with Gasteiger partial charge in [-0.15, -0.1) is 0 Å². The van der Waals surface area contributed by atoms with Crippen molar-refractivity contribution in [3.05, 3.63) is 105 Å². The van der Waals surface area contributed by atoms with Crippen molar-refractivity contribution in [1.29, 1.82) is 5.26 Å². The van der Waals surface area contributed by atoms with Gasteiger partial charge in [-0.05, 0) is 93.6 Å². The van der Waals surface area contributed by atoms with Crippen LogP contribution >= 0.6 is 27.5 Å². The summed E-state index contributed by atoms with van der Waals surface area (Å²) in [7, 11) is 0. The zero-order chi connectivity index (χ0) is 26.4. The Bertz CT molecular complexity index is 1540. The largest absolute Gasteiger partial charge is 0.490 e. The minimum Gasteiger partial charge on any atom is -0.490 e. The van der Waals surface area contributed by atoms with Crippen molar-refractivity contribution in [3.63, 3.8) is 0 Å². The van der Waals surface area contributed by atoms with E-state index < -0.39 is 5.91 Å². The van der Waals surface area contributed by atoms with E-state index in [1.165, 1.54) is 11.5 Å². The number of aryl methyl sites for hydroxylation is 1. The molecule has 0 fully saturated rings. The highest BCUT2D eigenvalue weighted by Gasteiger charge is 2.15. The van der Waals surface area contributed by atoms with Crippen LogP contribution in [0.3, 0.4) is 0 Å². The van der Waals surface area contributed by atoms with Crippen LogP contribution in [0.1, 0.15) is 23.6 Å². The van der Waals surface area contributed by atoms with Gasteiger partial charge in [-0.1, -0.05) is 54.1 Å². The molecule has 4 aromatic carbocycles. The van der Waals surface area contributed by atoms with Gasteiger partial charge in [0, 0.05) is 10.7 Å². The number of carbonyl (C=O) groups is 1. The third-order valence-electron chi connectivity index (χ3n) is 5.65. The van der Waals surface area contributed by atoms with Crippen molar-refractivity contribution in [2.24, 2.45) is 0 Å². The smallest absolute Gasteiger partial charge is 0.266 e. The van der Waals surface area contributed by atoms with Crippen LogP contribution in [0.4, 0.5) is 5.69 Å². The Morgan fingerprint density at radius 3 is 2.59 bits per heavy atom. The SMILES string of the molecule is CCOc1cc(/C=C(\C#N)C(=O)Nc2cc(Cl)ccc2C)cc(Br)c1OCc1ccc2ccccc2c1. The van der Waals surface area contributed by atoms with Crippen molar-refractivity contribution in [2.75, 3.05) is 11.9 Å². The summed E-state index contributed by atoms with van der Waals surface area (Å²) in [4.78, 5) is 12.8. The van der Waals surface area contributed by atoms with Crippen LogP contribution in [-0.4, -0.2) is 12.5 Å². The van der Waals surface area contributed by atoms with Gasteiger partial charge in [0.05, 0.1) is 11.1 Å². The monoisotopic (exact) mass is 574 g/mol. The Hall–Kier alpha value is -3.79. The number of rotatable bonds is 8. The number of nitrogens with one attached hydrogen (secondary N) is 1. The summed E-state index contributed by atoms with van der Waals surface area (Å²) in [6.45, 7) is 4.50. The summed E-state index contributed by atoms with van der Waals surface area (Å²) >= 11 is 9.62. The molecule has 0 saturated heterocycles. The Morgan fingerprint density at radius 2 is 1.84 bits per heavy atom. The maximum atomic E-state index is 12.8. The molecule has 0 saturated carbocycles. The van der Waals surface area contributed by atoms with Crippen LogP contribution in [0.15, 0.2) is 82.8 Å². The quantitative estimate of drug-likeness (QED) is 0.170. The molecule has 186 valence electrons. The number of benzene rings is 4. The Labute approximate surface area is 229 Å². The molecule has 4 rings (SSSR count). The molecule has 0 spiro atoms. The number of amides is 1. The summed E-state index contributed by atoms with van der Waals surface area (Å²) in [5.74, 6) is 0.524. The molecule has 7 heteroatoms. The number of halogens is 2. The third kappa shape index (κ3) is 6.51. The van der Waals surface area contributed by atoms with E-state index in [1.807, 2.05) is 38.1 Å². The number of nitriles is 1. The lowest BCUT2D eigenvalue weighted by Crippen LogP contribution is -2.14. The van der Waals surface area contributed by atoms with Gasteiger partial charge in [0.25, 0.3) is 5.91 Å². The number of nitrogens with zero attached hydrogens (tertiary/aromatic N) is 1. The molecular formula is C30H24BrClN2O3. The minimum absolute atomic E-state index is 0.0569. The maximum Gasteiger partial charge on any atom is 0.266 e. The predicted octanol–water partition coefficient (Wildman–Crippen LogP) is 8.09. The van der Waals surface area contributed by atoms with E-state index in [0.717, 1.165) is 16.5 Å². The standard InChI is InChI=1S/C30H24BrClN2O3/c1-3-36-28-15-21(13-24(17-33)30(35)34-27-16-25(32)11-8-19(27)2)14-26(31)29(28)37-18-20-9-10-22-6-4-5-7-23(22)12-20/h4-16H,3,18H2,1-2H3,(H,34,35)/b24-13+. The maximum absolute atomic E-state index is 12.8. The third-order valence-corrected chi connectivity index (χ3v) is 6.48. The Kier molecular flexibility index (Phi) is 8.50. The van der Waals surface area contributed by atoms with Crippen molar-refractivity contribution >= 4 is 56.0 Å². The second-order valence-corrected chi connectivity index (χ2v) is 9.61. The minimum atomic E-state index is -0.529. The summed E-state index contributed by atoms with van der Waals surface area (Å²) in [5, 5.41) is 15.2. The predicted molar refractivity (Wildman–Crippen MR) is 152 cm³/mol. The lowest BCUT2D eigenvalue weighted by molar-refractivity contribution is -0.112. The highest BCUT2D eigenvalue weighted by atomic mass is 79.9. The molecule has 1 amide bonds. The van der Waals surface area contributed by atoms with Crippen LogP contribution in [0.25, 0.3) is 16.8 Å². The first-order valence-corrected chi connectivity index (χ1v) is 12.8. The molecule has 4 aromatic rings. The van der Waals surface area contributed by atoms with Gasteiger partial charge in [-0.25, -0.2) is 0 Å². The van der Waals surface area contributed by atoms with Crippen LogP contribution in [0.5, 0.6) is 11.5 Å². The zero-order valence-corrected chi connectivity index (χ0v) is 22.7. The fraction of sp³-hybridized carbons (Fsp3) is 0.133. The van der Waals surface area contributed by atoms with Crippen LogP contribution in [-0.2, 0) is 11.4 Å². The molecule has 0 heterocycles. The number of carbonyl (C=O) groups excluding carboxylic acids is 1. The number of ether oxygens (including phenoxy) is 2. The van der Waals surface area contributed by atoms with Crippen molar-refractivity contribution in [2.45, 2.75) is 20.5 Å². The fourth-order valence-corrected chi connectivity index (χ4v) is 4.54. The molecule has 0 atom stereocenters. The summed E-state index contributed by atoms with van der Waals surface area (Å²) in [6, 6.07) is 25.1. The normalized spacial score (nSPS) is 11.2. The topological polar surface area (TPSA) is 71.3 Å². The lowest BCUT2D eigenvalue weighted by atomic mass is 10.1.